The number of halogens is 5. The van der Waals surface area contributed by atoms with Gasteiger partial charge in [0.2, 0.25) is 0 Å². The van der Waals surface area contributed by atoms with Crippen molar-refractivity contribution in [3.05, 3.63) is 45.7 Å². The summed E-state index contributed by atoms with van der Waals surface area (Å²) in [6, 6.07) is 4.56. The molecule has 0 bridgehead atoms. The quantitative estimate of drug-likeness (QED) is 0.625. The zero-order chi connectivity index (χ0) is 19.5. The van der Waals surface area contributed by atoms with Crippen LogP contribution in [0.15, 0.2) is 28.7 Å². The standard InChI is InChI=1S/C15H13BrF4N4O2/c16-10-4-9(12(21)24-13(10)22)14(25)23-5-7-1-2-8(3-11(7)17)26-6-15(18,19)20/h1-4H,5-6H2,(H,23,25)(H4,21,22,24). The van der Waals surface area contributed by atoms with E-state index in [4.69, 9.17) is 11.5 Å². The molecule has 0 unspecified atom stereocenters. The summed E-state index contributed by atoms with van der Waals surface area (Å²) < 4.78 is 55.0. The minimum absolute atomic E-state index is 0.0385. The van der Waals surface area contributed by atoms with Crippen LogP contribution < -0.4 is 21.5 Å². The van der Waals surface area contributed by atoms with E-state index in [0.717, 1.165) is 6.07 Å². The van der Waals surface area contributed by atoms with Gasteiger partial charge in [0.1, 0.15) is 23.2 Å². The first-order valence-electron chi connectivity index (χ1n) is 7.04. The number of nitrogen functional groups attached to an aromatic ring is 2. The molecule has 26 heavy (non-hydrogen) atoms. The first kappa shape index (κ1) is 19.8. The number of alkyl halides is 3. The summed E-state index contributed by atoms with van der Waals surface area (Å²) in [5.41, 5.74) is 11.3. The number of hydrogen-bond acceptors (Lipinski definition) is 5. The Bertz CT molecular complexity index is 830. The number of carbonyl (C=O) groups is 1. The van der Waals surface area contributed by atoms with Gasteiger partial charge in [-0.3, -0.25) is 4.79 Å². The van der Waals surface area contributed by atoms with E-state index >= 15 is 0 Å². The number of nitrogens with two attached hydrogens (primary N) is 2. The van der Waals surface area contributed by atoms with Gasteiger partial charge in [-0.05, 0) is 28.1 Å². The van der Waals surface area contributed by atoms with E-state index in [2.05, 4.69) is 31.0 Å². The molecule has 140 valence electrons. The molecule has 1 aromatic heterocycles. The average Bonchev–Trinajstić information content (AvgIpc) is 2.54. The Balaban J connectivity index is 2.03. The zero-order valence-corrected chi connectivity index (χ0v) is 14.6. The molecule has 11 heteroatoms. The first-order chi connectivity index (χ1) is 12.1. The second-order valence-corrected chi connectivity index (χ2v) is 5.98. The molecule has 2 rings (SSSR count). The van der Waals surface area contributed by atoms with Crippen LogP contribution in [0, 0.1) is 5.82 Å². The van der Waals surface area contributed by atoms with Crippen LogP contribution in [0.3, 0.4) is 0 Å². The van der Waals surface area contributed by atoms with Crippen molar-refractivity contribution in [1.29, 1.82) is 0 Å². The molecular formula is C15H13BrF4N4O2. The lowest BCUT2D eigenvalue weighted by atomic mass is 10.2. The summed E-state index contributed by atoms with van der Waals surface area (Å²) in [5.74, 6) is -1.70. The van der Waals surface area contributed by atoms with Crippen LogP contribution in [0.25, 0.3) is 0 Å². The summed E-state index contributed by atoms with van der Waals surface area (Å²) in [4.78, 5) is 15.9. The Hall–Kier alpha value is -2.56. The smallest absolute Gasteiger partial charge is 0.422 e. The number of carbonyl (C=O) groups excluding carboxylic acids is 1. The van der Waals surface area contributed by atoms with E-state index < -0.39 is 24.5 Å². The van der Waals surface area contributed by atoms with Gasteiger partial charge in [-0.15, -0.1) is 0 Å². The van der Waals surface area contributed by atoms with Crippen molar-refractivity contribution >= 4 is 33.5 Å². The van der Waals surface area contributed by atoms with Crippen LogP contribution in [0.5, 0.6) is 5.75 Å². The highest BCUT2D eigenvalue weighted by molar-refractivity contribution is 9.10. The summed E-state index contributed by atoms with van der Waals surface area (Å²) in [7, 11) is 0. The average molecular weight is 437 g/mol. The van der Waals surface area contributed by atoms with E-state index in [1.807, 2.05) is 0 Å². The molecule has 0 saturated heterocycles. The zero-order valence-electron chi connectivity index (χ0n) is 13.0. The first-order valence-corrected chi connectivity index (χ1v) is 7.84. The van der Waals surface area contributed by atoms with E-state index in [9.17, 15) is 22.4 Å². The number of pyridine rings is 1. The second kappa shape index (κ2) is 7.77. The Kier molecular flexibility index (Phi) is 5.90. The van der Waals surface area contributed by atoms with Gasteiger partial charge in [0.25, 0.3) is 5.91 Å². The van der Waals surface area contributed by atoms with Gasteiger partial charge in [0, 0.05) is 18.2 Å². The molecule has 5 N–H and O–H groups in total. The largest absolute Gasteiger partial charge is 0.484 e. The number of benzene rings is 1. The predicted molar refractivity (Wildman–Crippen MR) is 89.9 cm³/mol. The SMILES string of the molecule is Nc1nc(N)c(C(=O)NCc2ccc(OCC(F)(F)F)cc2F)cc1Br. The van der Waals surface area contributed by atoms with Crippen LogP contribution >= 0.6 is 15.9 Å². The summed E-state index contributed by atoms with van der Waals surface area (Å²) in [6.45, 7) is -1.74. The predicted octanol–water partition coefficient (Wildman–Crippen LogP) is 3.02. The lowest BCUT2D eigenvalue weighted by Gasteiger charge is -2.11. The van der Waals surface area contributed by atoms with Crippen molar-refractivity contribution in [2.75, 3.05) is 18.1 Å². The van der Waals surface area contributed by atoms with Crippen molar-refractivity contribution in [3.63, 3.8) is 0 Å². The summed E-state index contributed by atoms with van der Waals surface area (Å²) in [6.07, 6.45) is -4.52. The number of anilines is 2. The molecule has 0 spiro atoms. The van der Waals surface area contributed by atoms with Gasteiger partial charge in [-0.25, -0.2) is 9.37 Å². The van der Waals surface area contributed by atoms with Crippen molar-refractivity contribution in [3.8, 4) is 5.75 Å². The highest BCUT2D eigenvalue weighted by Gasteiger charge is 2.28. The molecule has 1 aromatic carbocycles. The fraction of sp³-hybridized carbons (Fsp3) is 0.200. The molecule has 0 atom stereocenters. The van der Waals surface area contributed by atoms with Crippen molar-refractivity contribution in [1.82, 2.24) is 10.3 Å². The van der Waals surface area contributed by atoms with E-state index in [1.54, 1.807) is 0 Å². The number of hydrogen-bond donors (Lipinski definition) is 3. The Morgan fingerprint density at radius 2 is 1.92 bits per heavy atom. The molecule has 1 heterocycles. The number of ether oxygens (including phenoxy) is 1. The van der Waals surface area contributed by atoms with Crippen molar-refractivity contribution in [2.45, 2.75) is 12.7 Å². The Labute approximate surface area is 153 Å². The summed E-state index contributed by atoms with van der Waals surface area (Å²) in [5, 5.41) is 2.44. The molecule has 0 aliphatic heterocycles. The van der Waals surface area contributed by atoms with Gasteiger partial charge in [0.15, 0.2) is 6.61 Å². The molecule has 6 nitrogen and oxygen atoms in total. The van der Waals surface area contributed by atoms with Crippen LogP contribution in [-0.4, -0.2) is 23.7 Å². The minimum atomic E-state index is -4.52. The van der Waals surface area contributed by atoms with Crippen molar-refractivity contribution in [2.24, 2.45) is 0 Å². The molecular weight excluding hydrogens is 424 g/mol. The second-order valence-electron chi connectivity index (χ2n) is 5.13. The van der Waals surface area contributed by atoms with Crippen molar-refractivity contribution < 1.29 is 27.1 Å². The minimum Gasteiger partial charge on any atom is -0.484 e. The van der Waals surface area contributed by atoms with Crippen LogP contribution in [0.1, 0.15) is 15.9 Å². The molecule has 0 fully saturated rings. The normalized spacial score (nSPS) is 11.3. The van der Waals surface area contributed by atoms with Gasteiger partial charge >= 0.3 is 6.18 Å². The van der Waals surface area contributed by atoms with Gasteiger partial charge in [-0.2, -0.15) is 13.2 Å². The fourth-order valence-corrected chi connectivity index (χ4v) is 2.21. The van der Waals surface area contributed by atoms with E-state index in [-0.39, 0.29) is 35.1 Å². The Morgan fingerprint density at radius 1 is 1.23 bits per heavy atom. The van der Waals surface area contributed by atoms with E-state index in [0.29, 0.717) is 4.47 Å². The Morgan fingerprint density at radius 3 is 2.54 bits per heavy atom. The van der Waals surface area contributed by atoms with Crippen LogP contribution in [0.4, 0.5) is 29.2 Å². The highest BCUT2D eigenvalue weighted by Crippen LogP contribution is 2.23. The van der Waals surface area contributed by atoms with Crippen LogP contribution in [-0.2, 0) is 6.54 Å². The fourth-order valence-electron chi connectivity index (χ4n) is 1.90. The lowest BCUT2D eigenvalue weighted by molar-refractivity contribution is -0.153. The van der Waals surface area contributed by atoms with Gasteiger partial charge in [0.05, 0.1) is 10.0 Å². The molecule has 0 saturated carbocycles. The highest BCUT2D eigenvalue weighted by atomic mass is 79.9. The maximum Gasteiger partial charge on any atom is 0.422 e. The van der Waals surface area contributed by atoms with Gasteiger partial charge in [-0.1, -0.05) is 6.07 Å². The van der Waals surface area contributed by atoms with Gasteiger partial charge < -0.3 is 21.5 Å². The topological polar surface area (TPSA) is 103 Å². The molecule has 0 aliphatic carbocycles. The molecule has 0 radical (unpaired) electrons. The maximum atomic E-state index is 13.9. The maximum absolute atomic E-state index is 13.9. The number of rotatable bonds is 5. The monoisotopic (exact) mass is 436 g/mol. The number of amides is 1. The molecule has 0 aliphatic rings. The summed E-state index contributed by atoms with van der Waals surface area (Å²) >= 11 is 3.12. The molecule has 2 aromatic rings. The molecule has 1 amide bonds. The lowest BCUT2D eigenvalue weighted by Crippen LogP contribution is -2.25. The van der Waals surface area contributed by atoms with E-state index in [1.165, 1.54) is 18.2 Å². The third kappa shape index (κ3) is 5.22. The number of aromatic nitrogens is 1. The third-order valence-corrected chi connectivity index (χ3v) is 3.78. The third-order valence-electron chi connectivity index (χ3n) is 3.14. The van der Waals surface area contributed by atoms with Crippen LogP contribution in [0.2, 0.25) is 0 Å². The number of nitrogens with one attached hydrogen (secondary N) is 1. The number of nitrogens with zero attached hydrogens (tertiary/aromatic N) is 1.